The zero-order valence-electron chi connectivity index (χ0n) is 13.9. The average molecular weight is 292 g/mol. The van der Waals surface area contributed by atoms with Gasteiger partial charge in [-0.05, 0) is 25.7 Å². The minimum atomic E-state index is -0.0712. The first-order valence-electron chi connectivity index (χ1n) is 7.79. The molecule has 0 spiro atoms. The van der Waals surface area contributed by atoms with Gasteiger partial charge in [0, 0.05) is 37.7 Å². The topological polar surface area (TPSA) is 61.3 Å². The Kier molecular flexibility index (Phi) is 4.71. The Balaban J connectivity index is 2.34. The van der Waals surface area contributed by atoms with Crippen LogP contribution in [0.2, 0.25) is 0 Å². The highest BCUT2D eigenvalue weighted by Crippen LogP contribution is 2.31. The molecule has 1 unspecified atom stereocenters. The van der Waals surface area contributed by atoms with Gasteiger partial charge in [0.25, 0.3) is 0 Å². The van der Waals surface area contributed by atoms with Crippen LogP contribution in [-0.2, 0) is 5.41 Å². The molecule has 5 nitrogen and oxygen atoms in total. The zero-order valence-corrected chi connectivity index (χ0v) is 13.9. The molecule has 2 N–H and O–H groups in total. The molecule has 118 valence electrons. The number of hydrogen-bond donors (Lipinski definition) is 2. The van der Waals surface area contributed by atoms with Crippen LogP contribution in [0.3, 0.4) is 0 Å². The monoisotopic (exact) mass is 292 g/mol. The van der Waals surface area contributed by atoms with E-state index in [1.165, 1.54) is 0 Å². The standard InChI is InChI=1S/C16H28N4O/c1-11-13(17-5)18-15(16(2,3)4)19-14(11)20-8-6-12(10-20)7-9-21/h12,21H,6-10H2,1-5H3,(H,17,18,19). The lowest BCUT2D eigenvalue weighted by Crippen LogP contribution is -2.26. The Morgan fingerprint density at radius 3 is 2.62 bits per heavy atom. The maximum absolute atomic E-state index is 9.12. The molecule has 1 atom stereocenters. The second-order valence-corrected chi connectivity index (χ2v) is 6.96. The van der Waals surface area contributed by atoms with E-state index < -0.39 is 0 Å². The molecule has 0 aromatic carbocycles. The molecule has 0 aliphatic carbocycles. The van der Waals surface area contributed by atoms with Gasteiger partial charge in [-0.25, -0.2) is 9.97 Å². The van der Waals surface area contributed by atoms with Crippen LogP contribution in [0.1, 0.15) is 45.0 Å². The van der Waals surface area contributed by atoms with E-state index in [0.717, 1.165) is 49.0 Å². The molecule has 2 rings (SSSR count). The van der Waals surface area contributed by atoms with Crippen LogP contribution >= 0.6 is 0 Å². The Morgan fingerprint density at radius 2 is 2.05 bits per heavy atom. The van der Waals surface area contributed by atoms with Crippen molar-refractivity contribution in [2.45, 2.75) is 46.0 Å². The number of nitrogens with zero attached hydrogens (tertiary/aromatic N) is 3. The van der Waals surface area contributed by atoms with Gasteiger partial charge < -0.3 is 15.3 Å². The second kappa shape index (κ2) is 6.18. The van der Waals surface area contributed by atoms with Gasteiger partial charge in [-0.1, -0.05) is 20.8 Å². The first-order valence-corrected chi connectivity index (χ1v) is 7.79. The van der Waals surface area contributed by atoms with Crippen molar-refractivity contribution in [3.05, 3.63) is 11.4 Å². The quantitative estimate of drug-likeness (QED) is 0.892. The minimum Gasteiger partial charge on any atom is -0.396 e. The molecule has 1 aliphatic heterocycles. The predicted octanol–water partition coefficient (Wildman–Crippen LogP) is 2.33. The molecule has 1 aliphatic rings. The summed E-state index contributed by atoms with van der Waals surface area (Å²) < 4.78 is 0. The fraction of sp³-hybridized carbons (Fsp3) is 0.750. The third kappa shape index (κ3) is 3.46. The van der Waals surface area contributed by atoms with E-state index >= 15 is 0 Å². The number of anilines is 2. The van der Waals surface area contributed by atoms with Crippen LogP contribution in [0.25, 0.3) is 0 Å². The molecule has 1 saturated heterocycles. The van der Waals surface area contributed by atoms with Gasteiger partial charge in [-0.2, -0.15) is 0 Å². The predicted molar refractivity (Wildman–Crippen MR) is 87.0 cm³/mol. The molecular weight excluding hydrogens is 264 g/mol. The molecule has 0 amide bonds. The summed E-state index contributed by atoms with van der Waals surface area (Å²) in [5, 5.41) is 12.3. The number of hydrogen-bond acceptors (Lipinski definition) is 5. The zero-order chi connectivity index (χ0) is 15.6. The van der Waals surface area contributed by atoms with Gasteiger partial charge in [0.15, 0.2) is 0 Å². The number of aliphatic hydroxyl groups excluding tert-OH is 1. The molecule has 5 heteroatoms. The number of aromatic nitrogens is 2. The van der Waals surface area contributed by atoms with E-state index in [9.17, 15) is 0 Å². The summed E-state index contributed by atoms with van der Waals surface area (Å²) in [6.45, 7) is 10.8. The number of nitrogens with one attached hydrogen (secondary N) is 1. The van der Waals surface area contributed by atoms with E-state index in [1.807, 2.05) is 7.05 Å². The lowest BCUT2D eigenvalue weighted by molar-refractivity contribution is 0.263. The van der Waals surface area contributed by atoms with E-state index in [4.69, 9.17) is 10.1 Å². The average Bonchev–Trinajstić information content (AvgIpc) is 2.86. The fourth-order valence-corrected chi connectivity index (χ4v) is 2.83. The lowest BCUT2D eigenvalue weighted by atomic mass is 9.95. The van der Waals surface area contributed by atoms with Crippen LogP contribution in [0.15, 0.2) is 0 Å². The molecule has 1 aromatic heterocycles. The third-order valence-corrected chi connectivity index (χ3v) is 4.15. The van der Waals surface area contributed by atoms with Crippen molar-refractivity contribution < 1.29 is 5.11 Å². The van der Waals surface area contributed by atoms with E-state index in [1.54, 1.807) is 0 Å². The van der Waals surface area contributed by atoms with Crippen molar-refractivity contribution in [1.29, 1.82) is 0 Å². The Morgan fingerprint density at radius 1 is 1.33 bits per heavy atom. The van der Waals surface area contributed by atoms with Crippen LogP contribution in [0.4, 0.5) is 11.6 Å². The van der Waals surface area contributed by atoms with E-state index in [-0.39, 0.29) is 12.0 Å². The highest BCUT2D eigenvalue weighted by Gasteiger charge is 2.27. The van der Waals surface area contributed by atoms with Crippen molar-refractivity contribution in [3.63, 3.8) is 0 Å². The van der Waals surface area contributed by atoms with Crippen LogP contribution in [0, 0.1) is 12.8 Å². The van der Waals surface area contributed by atoms with E-state index in [0.29, 0.717) is 5.92 Å². The van der Waals surface area contributed by atoms with E-state index in [2.05, 4.69) is 42.9 Å². The largest absolute Gasteiger partial charge is 0.396 e. The third-order valence-electron chi connectivity index (χ3n) is 4.15. The van der Waals surface area contributed by atoms with Gasteiger partial charge >= 0.3 is 0 Å². The SMILES string of the molecule is CNc1nc(C(C)(C)C)nc(N2CCC(CCO)C2)c1C. The van der Waals surface area contributed by atoms with Crippen molar-refractivity contribution >= 4 is 11.6 Å². The lowest BCUT2D eigenvalue weighted by Gasteiger charge is -2.25. The molecule has 2 heterocycles. The highest BCUT2D eigenvalue weighted by molar-refractivity contribution is 5.59. The Labute approximate surface area is 127 Å². The molecule has 0 radical (unpaired) electrons. The fourth-order valence-electron chi connectivity index (χ4n) is 2.83. The summed E-state index contributed by atoms with van der Waals surface area (Å²) in [7, 11) is 1.91. The molecule has 0 saturated carbocycles. The summed E-state index contributed by atoms with van der Waals surface area (Å²) >= 11 is 0. The minimum absolute atomic E-state index is 0.0712. The van der Waals surface area contributed by atoms with Gasteiger partial charge in [0.05, 0.1) is 0 Å². The Bertz CT molecular complexity index is 496. The molecule has 0 bridgehead atoms. The summed E-state index contributed by atoms with van der Waals surface area (Å²) in [5.74, 6) is 3.40. The first kappa shape index (κ1) is 16.0. The maximum Gasteiger partial charge on any atom is 0.138 e. The summed E-state index contributed by atoms with van der Waals surface area (Å²) in [5.41, 5.74) is 1.04. The van der Waals surface area contributed by atoms with Gasteiger partial charge in [-0.3, -0.25) is 0 Å². The van der Waals surface area contributed by atoms with Gasteiger partial charge in [0.1, 0.15) is 17.5 Å². The van der Waals surface area contributed by atoms with Gasteiger partial charge in [-0.15, -0.1) is 0 Å². The molecular formula is C16H28N4O. The highest BCUT2D eigenvalue weighted by atomic mass is 16.3. The summed E-state index contributed by atoms with van der Waals surface area (Å²) in [6.07, 6.45) is 2.01. The molecule has 21 heavy (non-hydrogen) atoms. The normalized spacial score (nSPS) is 19.1. The van der Waals surface area contributed by atoms with Crippen molar-refractivity contribution in [2.24, 2.45) is 5.92 Å². The number of aliphatic hydroxyl groups is 1. The van der Waals surface area contributed by atoms with Crippen molar-refractivity contribution in [3.8, 4) is 0 Å². The van der Waals surface area contributed by atoms with Crippen molar-refractivity contribution in [2.75, 3.05) is 37.0 Å². The van der Waals surface area contributed by atoms with Crippen LogP contribution in [0.5, 0.6) is 0 Å². The molecule has 1 aromatic rings. The molecule has 1 fully saturated rings. The van der Waals surface area contributed by atoms with Crippen LogP contribution in [-0.4, -0.2) is 41.8 Å². The number of rotatable bonds is 4. The van der Waals surface area contributed by atoms with Gasteiger partial charge in [0.2, 0.25) is 0 Å². The summed E-state index contributed by atoms with van der Waals surface area (Å²) in [6, 6.07) is 0. The maximum atomic E-state index is 9.12. The second-order valence-electron chi connectivity index (χ2n) is 6.96. The van der Waals surface area contributed by atoms with Crippen LogP contribution < -0.4 is 10.2 Å². The van der Waals surface area contributed by atoms with Crippen molar-refractivity contribution in [1.82, 2.24) is 9.97 Å². The smallest absolute Gasteiger partial charge is 0.138 e. The first-order chi connectivity index (χ1) is 9.86. The summed E-state index contributed by atoms with van der Waals surface area (Å²) in [4.78, 5) is 11.8. The Hall–Kier alpha value is -1.36.